The summed E-state index contributed by atoms with van der Waals surface area (Å²) >= 11 is 0. The quantitative estimate of drug-likeness (QED) is 0.514. The molecule has 0 saturated heterocycles. The van der Waals surface area contributed by atoms with Crippen LogP contribution in [0.3, 0.4) is 0 Å². The van der Waals surface area contributed by atoms with Crippen molar-refractivity contribution in [1.82, 2.24) is 9.88 Å². The van der Waals surface area contributed by atoms with Crippen LogP contribution in [-0.4, -0.2) is 29.3 Å². The normalized spacial score (nSPS) is 10.9. The molecule has 158 valence electrons. The standard InChI is InChI=1S/C25H30N2O3/c1-17-7-5-8-20(13-17)11-12-26-15-23-18(2)27(19(3)24(23)25(28)29)16-21-9-6-10-22(14-21)30-4/h5-10,13-14,26H,11-12,15-16H2,1-4H3,(H,28,29). The van der Waals surface area contributed by atoms with Gasteiger partial charge in [-0.05, 0) is 57.0 Å². The van der Waals surface area contributed by atoms with Crippen molar-refractivity contribution in [2.24, 2.45) is 0 Å². The summed E-state index contributed by atoms with van der Waals surface area (Å²) < 4.78 is 7.40. The predicted molar refractivity (Wildman–Crippen MR) is 120 cm³/mol. The van der Waals surface area contributed by atoms with E-state index in [-0.39, 0.29) is 0 Å². The van der Waals surface area contributed by atoms with Crippen molar-refractivity contribution in [3.05, 3.63) is 87.7 Å². The van der Waals surface area contributed by atoms with Crippen molar-refractivity contribution < 1.29 is 14.6 Å². The van der Waals surface area contributed by atoms with E-state index < -0.39 is 5.97 Å². The second kappa shape index (κ2) is 9.63. The van der Waals surface area contributed by atoms with Crippen molar-refractivity contribution in [2.45, 2.75) is 40.3 Å². The number of ether oxygens (including phenoxy) is 1. The number of hydrogen-bond donors (Lipinski definition) is 2. The summed E-state index contributed by atoms with van der Waals surface area (Å²) in [5, 5.41) is 13.3. The van der Waals surface area contributed by atoms with E-state index in [1.807, 2.05) is 38.1 Å². The molecule has 5 heteroatoms. The summed E-state index contributed by atoms with van der Waals surface area (Å²) in [6.07, 6.45) is 0.909. The van der Waals surface area contributed by atoms with Crippen LogP contribution in [0.15, 0.2) is 48.5 Å². The zero-order chi connectivity index (χ0) is 21.7. The Kier molecular flexibility index (Phi) is 6.95. The van der Waals surface area contributed by atoms with Crippen LogP contribution >= 0.6 is 0 Å². The Bertz CT molecular complexity index is 1040. The molecule has 0 spiro atoms. The maximum absolute atomic E-state index is 12.0. The molecule has 0 fully saturated rings. The average molecular weight is 407 g/mol. The topological polar surface area (TPSA) is 63.5 Å². The van der Waals surface area contributed by atoms with Crippen LogP contribution in [0.2, 0.25) is 0 Å². The number of carboxylic acid groups (broad SMARTS) is 1. The number of rotatable bonds is 9. The Hall–Kier alpha value is -3.05. The summed E-state index contributed by atoms with van der Waals surface area (Å²) in [4.78, 5) is 12.0. The molecule has 0 amide bonds. The third-order valence-electron chi connectivity index (χ3n) is 5.57. The van der Waals surface area contributed by atoms with E-state index in [2.05, 4.69) is 41.1 Å². The van der Waals surface area contributed by atoms with Gasteiger partial charge in [0, 0.05) is 30.0 Å². The second-order valence-corrected chi connectivity index (χ2v) is 7.68. The molecule has 2 aromatic carbocycles. The smallest absolute Gasteiger partial charge is 0.337 e. The summed E-state index contributed by atoms with van der Waals surface area (Å²) in [7, 11) is 1.65. The van der Waals surface area contributed by atoms with Crippen molar-refractivity contribution >= 4 is 5.97 Å². The van der Waals surface area contributed by atoms with Gasteiger partial charge in [-0.25, -0.2) is 4.79 Å². The zero-order valence-electron chi connectivity index (χ0n) is 18.2. The lowest BCUT2D eigenvalue weighted by molar-refractivity contribution is 0.0694. The molecule has 3 aromatic rings. The molecular weight excluding hydrogens is 376 g/mol. The molecule has 1 aromatic heterocycles. The number of benzene rings is 2. The maximum atomic E-state index is 12.0. The third kappa shape index (κ3) is 4.92. The summed E-state index contributed by atoms with van der Waals surface area (Å²) in [6.45, 7) is 7.91. The lowest BCUT2D eigenvalue weighted by atomic mass is 10.1. The van der Waals surface area contributed by atoms with Gasteiger partial charge in [-0.15, -0.1) is 0 Å². The summed E-state index contributed by atoms with van der Waals surface area (Å²) in [5.74, 6) is -0.0815. The van der Waals surface area contributed by atoms with Crippen LogP contribution in [0.1, 0.15) is 44.0 Å². The van der Waals surface area contributed by atoms with E-state index in [0.29, 0.717) is 18.7 Å². The molecule has 5 nitrogen and oxygen atoms in total. The third-order valence-corrected chi connectivity index (χ3v) is 5.57. The van der Waals surface area contributed by atoms with Crippen LogP contribution in [0.4, 0.5) is 0 Å². The van der Waals surface area contributed by atoms with E-state index in [4.69, 9.17) is 4.74 Å². The van der Waals surface area contributed by atoms with Gasteiger partial charge in [0.05, 0.1) is 12.7 Å². The maximum Gasteiger partial charge on any atom is 0.337 e. The fraction of sp³-hybridized carbons (Fsp3) is 0.320. The van der Waals surface area contributed by atoms with Crippen LogP contribution in [0.25, 0.3) is 0 Å². The largest absolute Gasteiger partial charge is 0.497 e. The van der Waals surface area contributed by atoms with E-state index in [9.17, 15) is 9.90 Å². The Balaban J connectivity index is 1.76. The summed E-state index contributed by atoms with van der Waals surface area (Å²) in [6, 6.07) is 16.3. The van der Waals surface area contributed by atoms with Crippen molar-refractivity contribution in [3.8, 4) is 5.75 Å². The Morgan fingerprint density at radius 3 is 2.47 bits per heavy atom. The zero-order valence-corrected chi connectivity index (χ0v) is 18.2. The SMILES string of the molecule is COc1cccc(Cn2c(C)c(CNCCc3cccc(C)c3)c(C(=O)O)c2C)c1. The molecule has 0 bridgehead atoms. The van der Waals surface area contributed by atoms with Gasteiger partial charge in [0.1, 0.15) is 5.75 Å². The van der Waals surface area contributed by atoms with Gasteiger partial charge in [0.15, 0.2) is 0 Å². The first kappa shape index (κ1) is 21.7. The van der Waals surface area contributed by atoms with Crippen molar-refractivity contribution in [2.75, 3.05) is 13.7 Å². The first-order valence-corrected chi connectivity index (χ1v) is 10.2. The highest BCUT2D eigenvalue weighted by molar-refractivity contribution is 5.91. The number of hydrogen-bond acceptors (Lipinski definition) is 3. The van der Waals surface area contributed by atoms with Crippen LogP contribution in [0.5, 0.6) is 5.75 Å². The molecular formula is C25H30N2O3. The van der Waals surface area contributed by atoms with Gasteiger partial charge >= 0.3 is 5.97 Å². The number of carbonyl (C=O) groups is 1. The molecule has 0 unspecified atom stereocenters. The lowest BCUT2D eigenvalue weighted by Crippen LogP contribution is -2.18. The molecule has 0 atom stereocenters. The van der Waals surface area contributed by atoms with Gasteiger partial charge in [0.25, 0.3) is 0 Å². The minimum absolute atomic E-state index is 0.401. The highest BCUT2D eigenvalue weighted by Crippen LogP contribution is 2.25. The molecule has 3 rings (SSSR count). The fourth-order valence-corrected chi connectivity index (χ4v) is 3.95. The minimum atomic E-state index is -0.879. The van der Waals surface area contributed by atoms with Gasteiger partial charge in [-0.1, -0.05) is 42.0 Å². The summed E-state index contributed by atoms with van der Waals surface area (Å²) in [5.41, 5.74) is 6.62. The first-order valence-electron chi connectivity index (χ1n) is 10.2. The molecule has 0 saturated carbocycles. The van der Waals surface area contributed by atoms with E-state index in [1.54, 1.807) is 7.11 Å². The number of aryl methyl sites for hydroxylation is 1. The minimum Gasteiger partial charge on any atom is -0.497 e. The Morgan fingerprint density at radius 2 is 1.77 bits per heavy atom. The monoisotopic (exact) mass is 406 g/mol. The van der Waals surface area contributed by atoms with Gasteiger partial charge in [-0.3, -0.25) is 0 Å². The van der Waals surface area contributed by atoms with Crippen molar-refractivity contribution in [1.29, 1.82) is 0 Å². The molecule has 0 aliphatic rings. The van der Waals surface area contributed by atoms with Crippen LogP contribution in [0, 0.1) is 20.8 Å². The molecule has 2 N–H and O–H groups in total. The Morgan fingerprint density at radius 1 is 1.03 bits per heavy atom. The average Bonchev–Trinajstić information content (AvgIpc) is 2.96. The molecule has 30 heavy (non-hydrogen) atoms. The highest BCUT2D eigenvalue weighted by atomic mass is 16.5. The van der Waals surface area contributed by atoms with Crippen LogP contribution < -0.4 is 10.1 Å². The molecule has 1 heterocycles. The van der Waals surface area contributed by atoms with E-state index in [1.165, 1.54) is 11.1 Å². The second-order valence-electron chi connectivity index (χ2n) is 7.68. The number of aromatic carboxylic acids is 1. The van der Waals surface area contributed by atoms with Crippen molar-refractivity contribution in [3.63, 3.8) is 0 Å². The lowest BCUT2D eigenvalue weighted by Gasteiger charge is -2.11. The molecule has 0 aliphatic heterocycles. The van der Waals surface area contributed by atoms with Crippen LogP contribution in [-0.2, 0) is 19.5 Å². The number of methoxy groups -OCH3 is 1. The highest BCUT2D eigenvalue weighted by Gasteiger charge is 2.22. The number of carboxylic acids is 1. The predicted octanol–water partition coefficient (Wildman–Crippen LogP) is 4.50. The molecule has 0 radical (unpaired) electrons. The van der Waals surface area contributed by atoms with E-state index >= 15 is 0 Å². The number of aromatic nitrogens is 1. The fourth-order valence-electron chi connectivity index (χ4n) is 3.95. The van der Waals surface area contributed by atoms with Gasteiger partial charge in [0.2, 0.25) is 0 Å². The molecule has 0 aliphatic carbocycles. The van der Waals surface area contributed by atoms with Gasteiger partial charge in [-0.2, -0.15) is 0 Å². The number of nitrogens with zero attached hydrogens (tertiary/aromatic N) is 1. The Labute approximate surface area is 178 Å². The number of nitrogens with one attached hydrogen (secondary N) is 1. The first-order chi connectivity index (χ1) is 14.4. The van der Waals surface area contributed by atoms with E-state index in [0.717, 1.165) is 41.2 Å². The van der Waals surface area contributed by atoms with Gasteiger partial charge < -0.3 is 19.7 Å².